The summed E-state index contributed by atoms with van der Waals surface area (Å²) < 4.78 is 0. The fourth-order valence-electron chi connectivity index (χ4n) is 0.890. The van der Waals surface area contributed by atoms with Crippen molar-refractivity contribution in [2.45, 2.75) is 19.8 Å². The maximum atomic E-state index is 10.8. The fourth-order valence-corrected chi connectivity index (χ4v) is 0.890. The van der Waals surface area contributed by atoms with E-state index in [0.29, 0.717) is 0 Å². The number of carbonyl (C=O) groups is 1. The van der Waals surface area contributed by atoms with E-state index in [4.69, 9.17) is 10.8 Å². The highest BCUT2D eigenvalue weighted by Gasteiger charge is 2.18. The van der Waals surface area contributed by atoms with Gasteiger partial charge in [0, 0.05) is 5.92 Å². The minimum absolute atomic E-state index is 0.0698. The standard InChI is InChI=1S/C8H11N3O3/c1-3(2)7-10-4(6(9)13)5(12)8(14)11-7/h3,12H,1-2H3,(H2,9,13)(H,10,11,14). The second kappa shape index (κ2) is 3.49. The lowest BCUT2D eigenvalue weighted by molar-refractivity contribution is 0.0991. The molecule has 0 aliphatic heterocycles. The van der Waals surface area contributed by atoms with E-state index in [-0.39, 0.29) is 17.4 Å². The van der Waals surface area contributed by atoms with Crippen LogP contribution >= 0.6 is 0 Å². The number of hydrogen-bond acceptors (Lipinski definition) is 5. The van der Waals surface area contributed by atoms with Crippen LogP contribution in [0.25, 0.3) is 0 Å². The number of aromatic hydroxyl groups is 2. The summed E-state index contributed by atoms with van der Waals surface area (Å²) in [5, 5.41) is 18.4. The first-order valence-corrected chi connectivity index (χ1v) is 4.03. The summed E-state index contributed by atoms with van der Waals surface area (Å²) in [5.41, 5.74) is 4.59. The molecule has 0 radical (unpaired) electrons. The summed E-state index contributed by atoms with van der Waals surface area (Å²) in [4.78, 5) is 18.1. The van der Waals surface area contributed by atoms with Crippen LogP contribution in [0.1, 0.15) is 36.1 Å². The van der Waals surface area contributed by atoms with Crippen LogP contribution < -0.4 is 5.73 Å². The second-order valence-corrected chi connectivity index (χ2v) is 3.12. The lowest BCUT2D eigenvalue weighted by Crippen LogP contribution is -2.15. The summed E-state index contributed by atoms with van der Waals surface area (Å²) in [6.45, 7) is 3.58. The number of primary amides is 1. The first-order chi connectivity index (χ1) is 6.43. The molecule has 0 unspecified atom stereocenters. The molecular formula is C8H11N3O3. The smallest absolute Gasteiger partial charge is 0.271 e. The predicted octanol–water partition coefficient (Wildman–Crippen LogP) is 0.110. The molecule has 1 aromatic heterocycles. The molecule has 14 heavy (non-hydrogen) atoms. The highest BCUT2D eigenvalue weighted by Crippen LogP contribution is 2.26. The zero-order chi connectivity index (χ0) is 10.9. The fraction of sp³-hybridized carbons (Fsp3) is 0.375. The zero-order valence-electron chi connectivity index (χ0n) is 7.85. The maximum absolute atomic E-state index is 10.8. The number of hydrogen-bond donors (Lipinski definition) is 3. The second-order valence-electron chi connectivity index (χ2n) is 3.12. The van der Waals surface area contributed by atoms with Crippen LogP contribution in [0.3, 0.4) is 0 Å². The summed E-state index contributed by atoms with van der Waals surface area (Å²) in [6.07, 6.45) is 0. The Hall–Kier alpha value is -1.85. The van der Waals surface area contributed by atoms with Crippen LogP contribution in [0.15, 0.2) is 0 Å². The Bertz CT molecular complexity index is 376. The number of nitrogens with two attached hydrogens (primary N) is 1. The van der Waals surface area contributed by atoms with Gasteiger partial charge in [0.05, 0.1) is 0 Å². The van der Waals surface area contributed by atoms with Crippen LogP contribution in [0.5, 0.6) is 11.6 Å². The van der Waals surface area contributed by atoms with Crippen LogP contribution in [0.2, 0.25) is 0 Å². The van der Waals surface area contributed by atoms with Gasteiger partial charge in [-0.05, 0) is 0 Å². The molecule has 0 aliphatic rings. The van der Waals surface area contributed by atoms with Crippen molar-refractivity contribution in [2.75, 3.05) is 0 Å². The van der Waals surface area contributed by atoms with Gasteiger partial charge in [0.1, 0.15) is 5.82 Å². The average Bonchev–Trinajstić information content (AvgIpc) is 2.08. The molecule has 6 nitrogen and oxygen atoms in total. The molecule has 0 saturated carbocycles. The largest absolute Gasteiger partial charge is 0.501 e. The third-order valence-electron chi connectivity index (χ3n) is 1.63. The molecule has 1 aromatic rings. The van der Waals surface area contributed by atoms with E-state index in [1.165, 1.54) is 0 Å². The Kier molecular flexibility index (Phi) is 2.55. The van der Waals surface area contributed by atoms with Gasteiger partial charge in [-0.3, -0.25) is 4.79 Å². The number of nitrogens with zero attached hydrogens (tertiary/aromatic N) is 2. The highest BCUT2D eigenvalue weighted by atomic mass is 16.3. The van der Waals surface area contributed by atoms with E-state index in [0.717, 1.165) is 0 Å². The van der Waals surface area contributed by atoms with Gasteiger partial charge in [-0.25, -0.2) is 4.98 Å². The van der Waals surface area contributed by atoms with Crippen molar-refractivity contribution >= 4 is 5.91 Å². The number of carbonyl (C=O) groups excluding carboxylic acids is 1. The zero-order valence-corrected chi connectivity index (χ0v) is 7.85. The topological polar surface area (TPSA) is 109 Å². The number of aromatic nitrogens is 2. The molecule has 0 atom stereocenters. The first-order valence-electron chi connectivity index (χ1n) is 4.03. The molecule has 0 aromatic carbocycles. The van der Waals surface area contributed by atoms with Crippen LogP contribution in [-0.2, 0) is 0 Å². The van der Waals surface area contributed by atoms with Gasteiger partial charge in [0.2, 0.25) is 5.75 Å². The third-order valence-corrected chi connectivity index (χ3v) is 1.63. The number of rotatable bonds is 2. The van der Waals surface area contributed by atoms with Gasteiger partial charge in [-0.1, -0.05) is 13.8 Å². The van der Waals surface area contributed by atoms with Crippen molar-refractivity contribution in [1.82, 2.24) is 9.97 Å². The molecule has 0 spiro atoms. The summed E-state index contributed by atoms with van der Waals surface area (Å²) in [5.74, 6) is -2.02. The van der Waals surface area contributed by atoms with Gasteiger partial charge in [0.15, 0.2) is 5.69 Å². The van der Waals surface area contributed by atoms with Crippen LogP contribution in [0, 0.1) is 0 Å². The van der Waals surface area contributed by atoms with Gasteiger partial charge < -0.3 is 15.9 Å². The van der Waals surface area contributed by atoms with Crippen molar-refractivity contribution in [2.24, 2.45) is 5.73 Å². The van der Waals surface area contributed by atoms with Crippen molar-refractivity contribution in [3.8, 4) is 11.6 Å². The van der Waals surface area contributed by atoms with Crippen molar-refractivity contribution in [3.63, 3.8) is 0 Å². The average molecular weight is 197 g/mol. The normalized spacial score (nSPS) is 10.5. The lowest BCUT2D eigenvalue weighted by Gasteiger charge is -2.07. The molecule has 1 rings (SSSR count). The van der Waals surface area contributed by atoms with Gasteiger partial charge in [-0.2, -0.15) is 4.98 Å². The van der Waals surface area contributed by atoms with Crippen molar-refractivity contribution in [3.05, 3.63) is 11.5 Å². The predicted molar refractivity (Wildman–Crippen MR) is 48.0 cm³/mol. The van der Waals surface area contributed by atoms with Crippen molar-refractivity contribution < 1.29 is 15.0 Å². The first kappa shape index (κ1) is 10.2. The Balaban J connectivity index is 3.35. The molecule has 6 heteroatoms. The Labute approximate surface area is 80.4 Å². The van der Waals surface area contributed by atoms with Gasteiger partial charge >= 0.3 is 0 Å². The van der Waals surface area contributed by atoms with E-state index in [1.54, 1.807) is 13.8 Å². The van der Waals surface area contributed by atoms with Gasteiger partial charge in [-0.15, -0.1) is 0 Å². The minimum atomic E-state index is -0.901. The molecule has 0 aliphatic carbocycles. The molecular weight excluding hydrogens is 186 g/mol. The molecule has 0 saturated heterocycles. The van der Waals surface area contributed by atoms with E-state index < -0.39 is 17.5 Å². The molecule has 76 valence electrons. The monoisotopic (exact) mass is 197 g/mol. The Morgan fingerprint density at radius 2 is 1.93 bits per heavy atom. The number of amides is 1. The third kappa shape index (κ3) is 1.73. The van der Waals surface area contributed by atoms with E-state index in [1.807, 2.05) is 0 Å². The quantitative estimate of drug-likeness (QED) is 0.623. The molecule has 1 heterocycles. The lowest BCUT2D eigenvalue weighted by atomic mass is 10.2. The highest BCUT2D eigenvalue weighted by molar-refractivity contribution is 5.94. The maximum Gasteiger partial charge on any atom is 0.271 e. The van der Waals surface area contributed by atoms with Crippen LogP contribution in [0.4, 0.5) is 0 Å². The molecule has 4 N–H and O–H groups in total. The van der Waals surface area contributed by atoms with Gasteiger partial charge in [0.25, 0.3) is 11.8 Å². The molecule has 0 fully saturated rings. The minimum Gasteiger partial charge on any atom is -0.501 e. The van der Waals surface area contributed by atoms with E-state index >= 15 is 0 Å². The summed E-state index contributed by atoms with van der Waals surface area (Å²) in [6, 6.07) is 0. The van der Waals surface area contributed by atoms with Crippen LogP contribution in [-0.4, -0.2) is 26.1 Å². The Morgan fingerprint density at radius 1 is 1.36 bits per heavy atom. The SMILES string of the molecule is CC(C)c1nc(O)c(O)c(C(N)=O)n1. The van der Waals surface area contributed by atoms with E-state index in [2.05, 4.69) is 9.97 Å². The van der Waals surface area contributed by atoms with Crippen molar-refractivity contribution in [1.29, 1.82) is 0 Å². The summed E-state index contributed by atoms with van der Waals surface area (Å²) >= 11 is 0. The van der Waals surface area contributed by atoms with E-state index in [9.17, 15) is 9.90 Å². The summed E-state index contributed by atoms with van der Waals surface area (Å²) in [7, 11) is 0. The molecule has 1 amide bonds. The Morgan fingerprint density at radius 3 is 2.36 bits per heavy atom. The molecule has 0 bridgehead atoms.